The summed E-state index contributed by atoms with van der Waals surface area (Å²) in [5, 5.41) is 81.0. The fourth-order valence-electron chi connectivity index (χ4n) is 5.53. The van der Waals surface area contributed by atoms with E-state index in [9.17, 15) is 40.9 Å². The molecule has 39 heavy (non-hydrogen) atoms. The minimum atomic E-state index is -1.63. The summed E-state index contributed by atoms with van der Waals surface area (Å²) in [6, 6.07) is 0. The first-order valence-corrected chi connectivity index (χ1v) is 13.3. The molecule has 0 aromatic heterocycles. The van der Waals surface area contributed by atoms with Crippen molar-refractivity contribution in [1.82, 2.24) is 0 Å². The Labute approximate surface area is 225 Å². The zero-order valence-electron chi connectivity index (χ0n) is 22.1. The molecule has 8 N–H and O–H groups in total. The maximum Gasteiger partial charge on any atom is 0.187 e. The zero-order chi connectivity index (χ0) is 28.6. The molecule has 0 bridgehead atoms. The predicted octanol–water partition coefficient (Wildman–Crippen LogP) is -3.58. The van der Waals surface area contributed by atoms with E-state index in [1.54, 1.807) is 20.8 Å². The van der Waals surface area contributed by atoms with E-state index in [2.05, 4.69) is 0 Å². The third-order valence-electron chi connectivity index (χ3n) is 7.70. The molecular weight excluding hydrogens is 528 g/mol. The van der Waals surface area contributed by atoms with E-state index in [1.165, 1.54) is 0 Å². The van der Waals surface area contributed by atoms with Gasteiger partial charge in [0.2, 0.25) is 0 Å². The number of aliphatic hydroxyl groups excluding tert-OH is 8. The molecular formula is C24H42O15. The van der Waals surface area contributed by atoms with Crippen molar-refractivity contribution in [1.29, 1.82) is 0 Å². The van der Waals surface area contributed by atoms with Crippen LogP contribution in [0, 0.1) is 0 Å². The highest BCUT2D eigenvalue weighted by Crippen LogP contribution is 2.33. The van der Waals surface area contributed by atoms with Gasteiger partial charge < -0.3 is 74.0 Å². The maximum atomic E-state index is 10.8. The number of ether oxygens (including phenoxy) is 7. The Bertz CT molecular complexity index is 738. The van der Waals surface area contributed by atoms with Gasteiger partial charge in [-0.05, 0) is 20.8 Å². The minimum Gasteiger partial charge on any atom is -0.394 e. The monoisotopic (exact) mass is 570 g/mol. The van der Waals surface area contributed by atoms with Crippen molar-refractivity contribution < 1.29 is 74.0 Å². The Kier molecular flexibility index (Phi) is 10.6. The van der Waals surface area contributed by atoms with E-state index in [0.717, 1.165) is 0 Å². The Morgan fingerprint density at radius 3 is 1.49 bits per heavy atom. The minimum absolute atomic E-state index is 0.00775. The topological polar surface area (TPSA) is 226 Å². The van der Waals surface area contributed by atoms with Gasteiger partial charge in [0.25, 0.3) is 0 Å². The molecule has 0 spiro atoms. The van der Waals surface area contributed by atoms with E-state index in [0.29, 0.717) is 0 Å². The molecule has 17 atom stereocenters. The van der Waals surface area contributed by atoms with Crippen LogP contribution in [-0.2, 0) is 33.2 Å². The lowest BCUT2D eigenvalue weighted by Gasteiger charge is -2.46. The molecule has 15 heteroatoms. The summed E-state index contributed by atoms with van der Waals surface area (Å²) >= 11 is 0. The van der Waals surface area contributed by atoms with Crippen molar-refractivity contribution in [3.63, 3.8) is 0 Å². The van der Waals surface area contributed by atoms with Crippen molar-refractivity contribution in [3.05, 3.63) is 0 Å². The van der Waals surface area contributed by atoms with Gasteiger partial charge in [0, 0.05) is 19.3 Å². The maximum absolute atomic E-state index is 10.8. The molecule has 228 valence electrons. The van der Waals surface area contributed by atoms with Gasteiger partial charge in [-0.25, -0.2) is 0 Å². The average molecular weight is 571 g/mol. The lowest BCUT2D eigenvalue weighted by molar-refractivity contribution is -0.354. The molecule has 4 aliphatic rings. The van der Waals surface area contributed by atoms with Crippen LogP contribution in [0.4, 0.5) is 0 Å². The Balaban J connectivity index is 1.29. The van der Waals surface area contributed by atoms with Crippen LogP contribution in [0.25, 0.3) is 0 Å². The number of hydrogen-bond acceptors (Lipinski definition) is 15. The molecule has 0 aromatic carbocycles. The van der Waals surface area contributed by atoms with Gasteiger partial charge >= 0.3 is 0 Å². The first-order chi connectivity index (χ1) is 18.4. The van der Waals surface area contributed by atoms with Gasteiger partial charge in [-0.2, -0.15) is 0 Å². The summed E-state index contributed by atoms with van der Waals surface area (Å²) in [5.74, 6) is 0. The van der Waals surface area contributed by atoms with Crippen LogP contribution < -0.4 is 0 Å². The Hall–Kier alpha value is -0.600. The van der Waals surface area contributed by atoms with Crippen molar-refractivity contribution >= 4 is 0 Å². The summed E-state index contributed by atoms with van der Waals surface area (Å²) in [5.41, 5.74) is 0. The molecule has 4 rings (SSSR count). The predicted molar refractivity (Wildman–Crippen MR) is 125 cm³/mol. The van der Waals surface area contributed by atoms with E-state index in [-0.39, 0.29) is 19.3 Å². The molecule has 0 amide bonds. The van der Waals surface area contributed by atoms with Gasteiger partial charge in [0.05, 0.1) is 43.2 Å². The molecule has 0 unspecified atom stereocenters. The van der Waals surface area contributed by atoms with Crippen LogP contribution in [0.1, 0.15) is 40.0 Å². The van der Waals surface area contributed by atoms with Crippen LogP contribution in [0.15, 0.2) is 0 Å². The summed E-state index contributed by atoms with van der Waals surface area (Å²) in [7, 11) is 0. The van der Waals surface area contributed by atoms with E-state index in [1.807, 2.05) is 0 Å². The zero-order valence-corrected chi connectivity index (χ0v) is 22.1. The number of hydrogen-bond donors (Lipinski definition) is 8. The first-order valence-electron chi connectivity index (χ1n) is 13.3. The normalized spacial score (nSPS) is 53.5. The van der Waals surface area contributed by atoms with Crippen LogP contribution in [0.5, 0.6) is 0 Å². The first kappa shape index (κ1) is 31.3. The fraction of sp³-hybridized carbons (Fsp3) is 1.00. The third-order valence-corrected chi connectivity index (χ3v) is 7.70. The van der Waals surface area contributed by atoms with Gasteiger partial charge in [-0.3, -0.25) is 0 Å². The molecule has 0 aliphatic carbocycles. The Morgan fingerprint density at radius 1 is 0.564 bits per heavy atom. The molecule has 4 fully saturated rings. The van der Waals surface area contributed by atoms with Crippen molar-refractivity contribution in [2.45, 2.75) is 145 Å². The van der Waals surface area contributed by atoms with Crippen LogP contribution in [0.3, 0.4) is 0 Å². The second kappa shape index (κ2) is 13.1. The largest absolute Gasteiger partial charge is 0.394 e. The molecule has 4 heterocycles. The summed E-state index contributed by atoms with van der Waals surface area (Å²) in [6.07, 6.45) is -18.1. The van der Waals surface area contributed by atoms with E-state index < -0.39 is 111 Å². The average Bonchev–Trinajstić information content (AvgIpc) is 2.85. The third kappa shape index (κ3) is 7.07. The molecule has 4 aliphatic heterocycles. The second-order valence-electron chi connectivity index (χ2n) is 10.7. The van der Waals surface area contributed by atoms with Crippen molar-refractivity contribution in [2.24, 2.45) is 0 Å². The summed E-state index contributed by atoms with van der Waals surface area (Å²) in [4.78, 5) is 0. The van der Waals surface area contributed by atoms with Gasteiger partial charge in [-0.1, -0.05) is 0 Å². The Morgan fingerprint density at radius 2 is 1.03 bits per heavy atom. The standard InChI is InChI=1S/C24H42O15/c1-8-21(11(26)4-15(29)33-8)37-16-5-12(27)22(9(2)34-16)38-17-6-13(28)23(10(3)35-17)39-24-20(32)19(31)18(30)14(7-25)36-24/h8-32H,4-7H2,1-3H3/t8-,9-,10-,11+,12+,13+,14-,15+,16-,17-,18-,19+,20-,21-,22-,23-,24+/m1/s1. The van der Waals surface area contributed by atoms with Crippen LogP contribution >= 0.6 is 0 Å². The highest BCUT2D eigenvalue weighted by Gasteiger charge is 2.49. The summed E-state index contributed by atoms with van der Waals surface area (Å²) in [6.45, 7) is 4.32. The number of aliphatic hydroxyl groups is 8. The van der Waals surface area contributed by atoms with Crippen molar-refractivity contribution in [3.8, 4) is 0 Å². The lowest BCUT2D eigenvalue weighted by atomic mass is 9.98. The summed E-state index contributed by atoms with van der Waals surface area (Å²) < 4.78 is 39.9. The van der Waals surface area contributed by atoms with E-state index >= 15 is 0 Å². The fourth-order valence-corrected chi connectivity index (χ4v) is 5.53. The quantitative estimate of drug-likeness (QED) is 0.148. The van der Waals surface area contributed by atoms with Crippen molar-refractivity contribution in [2.75, 3.05) is 6.61 Å². The molecule has 15 nitrogen and oxygen atoms in total. The highest BCUT2D eigenvalue weighted by atomic mass is 16.7. The van der Waals surface area contributed by atoms with Crippen LogP contribution in [-0.4, -0.2) is 152 Å². The van der Waals surface area contributed by atoms with Gasteiger partial charge in [-0.15, -0.1) is 0 Å². The molecule has 0 radical (unpaired) electrons. The van der Waals surface area contributed by atoms with E-state index in [4.69, 9.17) is 33.2 Å². The second-order valence-corrected chi connectivity index (χ2v) is 10.7. The smallest absolute Gasteiger partial charge is 0.187 e. The molecule has 0 aromatic rings. The molecule has 4 saturated heterocycles. The van der Waals surface area contributed by atoms with Gasteiger partial charge in [0.1, 0.15) is 42.7 Å². The molecule has 0 saturated carbocycles. The SMILES string of the molecule is C[C@H]1O[C@H](O[C@H]2[C@@H](O)C[C@@H](O)O[C@@H]2C)C[C@H](O)[C@@H]1O[C@@H]1C[C@H](O)[C@H](O[C@@H]2O[C@H](CO)[C@@H](O)[C@H](O)[C@H]2O)[C@@H](C)O1. The number of rotatable bonds is 7. The lowest BCUT2D eigenvalue weighted by Crippen LogP contribution is -2.62. The van der Waals surface area contributed by atoms with Crippen LogP contribution in [0.2, 0.25) is 0 Å². The highest BCUT2D eigenvalue weighted by molar-refractivity contribution is 4.92. The van der Waals surface area contributed by atoms with Gasteiger partial charge in [0.15, 0.2) is 25.2 Å².